The molecule has 1 aliphatic rings. The fourth-order valence-electron chi connectivity index (χ4n) is 3.13. The van der Waals surface area contributed by atoms with Crippen LogP contribution in [0.25, 0.3) is 0 Å². The molecule has 1 heterocycles. The van der Waals surface area contributed by atoms with Crippen LogP contribution in [0.5, 0.6) is 0 Å². The zero-order valence-corrected chi connectivity index (χ0v) is 18.9. The molecule has 0 saturated carbocycles. The standard InChI is InChI=1S/C21H20ClN3O7S/c1-2-31-20(27)17-16(24-21(28)25-18(17)12-6-4-3-5-7-12)11-32-19(26)14-10-13(33(23,29)30)8-9-15(14)22/h3-10,18H,2,11H2,1H3,(H2,23,29,30)(H2,24,25,28). The SMILES string of the molecule is CCOC(=O)C1=C(COC(=O)c2cc(S(N)(=O)=O)ccc2Cl)NC(=O)NC1c1ccccc1. The lowest BCUT2D eigenvalue weighted by atomic mass is 9.95. The maximum absolute atomic E-state index is 12.7. The summed E-state index contributed by atoms with van der Waals surface area (Å²) in [6.07, 6.45) is 0. The molecule has 12 heteroatoms. The van der Waals surface area contributed by atoms with Gasteiger partial charge < -0.3 is 20.1 Å². The molecule has 2 amide bonds. The predicted octanol–water partition coefficient (Wildman–Crippen LogP) is 2.02. The molecule has 1 unspecified atom stereocenters. The number of nitrogens with two attached hydrogens (primary N) is 1. The number of urea groups is 1. The molecule has 0 aliphatic carbocycles. The summed E-state index contributed by atoms with van der Waals surface area (Å²) in [6, 6.07) is 10.6. The van der Waals surface area contributed by atoms with Gasteiger partial charge in [0.15, 0.2) is 0 Å². The van der Waals surface area contributed by atoms with E-state index < -0.39 is 40.6 Å². The smallest absolute Gasteiger partial charge is 0.340 e. The van der Waals surface area contributed by atoms with Gasteiger partial charge in [-0.15, -0.1) is 0 Å². The summed E-state index contributed by atoms with van der Waals surface area (Å²) < 4.78 is 33.5. The molecule has 0 radical (unpaired) electrons. The first-order valence-corrected chi connectivity index (χ1v) is 11.6. The Hall–Kier alpha value is -3.41. The minimum atomic E-state index is -4.08. The lowest BCUT2D eigenvalue weighted by Crippen LogP contribution is -2.47. The van der Waals surface area contributed by atoms with Crippen LogP contribution < -0.4 is 15.8 Å². The van der Waals surface area contributed by atoms with Crippen LogP contribution in [-0.2, 0) is 24.3 Å². The average Bonchev–Trinajstić information content (AvgIpc) is 2.77. The van der Waals surface area contributed by atoms with Crippen molar-refractivity contribution in [2.24, 2.45) is 5.14 Å². The van der Waals surface area contributed by atoms with Crippen molar-refractivity contribution in [2.75, 3.05) is 13.2 Å². The van der Waals surface area contributed by atoms with Gasteiger partial charge in [-0.3, -0.25) is 0 Å². The fraction of sp³-hybridized carbons (Fsp3) is 0.190. The molecule has 0 fully saturated rings. The molecular formula is C21H20ClN3O7S. The molecule has 2 aromatic carbocycles. The second-order valence-corrected chi connectivity index (χ2v) is 8.79. The number of carbonyl (C=O) groups is 3. The second-order valence-electron chi connectivity index (χ2n) is 6.82. The van der Waals surface area contributed by atoms with E-state index in [2.05, 4.69) is 10.6 Å². The van der Waals surface area contributed by atoms with E-state index in [0.29, 0.717) is 5.56 Å². The number of sulfonamides is 1. The molecule has 3 rings (SSSR count). The minimum Gasteiger partial charge on any atom is -0.463 e. The van der Waals surface area contributed by atoms with Crippen LogP contribution in [0.2, 0.25) is 5.02 Å². The highest BCUT2D eigenvalue weighted by atomic mass is 35.5. The average molecular weight is 494 g/mol. The normalized spacial score (nSPS) is 16.0. The van der Waals surface area contributed by atoms with E-state index in [1.54, 1.807) is 37.3 Å². The van der Waals surface area contributed by atoms with Crippen molar-refractivity contribution in [3.05, 3.63) is 76.0 Å². The molecule has 10 nitrogen and oxygen atoms in total. The van der Waals surface area contributed by atoms with Gasteiger partial charge in [0, 0.05) is 0 Å². The Morgan fingerprint density at radius 3 is 2.42 bits per heavy atom. The maximum Gasteiger partial charge on any atom is 0.340 e. The number of carbonyl (C=O) groups excluding carboxylic acids is 3. The van der Waals surface area contributed by atoms with E-state index in [9.17, 15) is 22.8 Å². The van der Waals surface area contributed by atoms with Gasteiger partial charge in [-0.05, 0) is 30.7 Å². The Labute approximate surface area is 194 Å². The molecular weight excluding hydrogens is 474 g/mol. The zero-order chi connectivity index (χ0) is 24.2. The van der Waals surface area contributed by atoms with Crippen molar-refractivity contribution >= 4 is 39.6 Å². The van der Waals surface area contributed by atoms with Crippen LogP contribution in [0.15, 0.2) is 64.7 Å². The Bertz CT molecular complexity index is 1230. The Kier molecular flexibility index (Phi) is 7.36. The van der Waals surface area contributed by atoms with Gasteiger partial charge in [0.05, 0.1) is 39.4 Å². The quantitative estimate of drug-likeness (QED) is 0.498. The van der Waals surface area contributed by atoms with Crippen LogP contribution >= 0.6 is 11.6 Å². The summed E-state index contributed by atoms with van der Waals surface area (Å²) in [4.78, 5) is 37.2. The van der Waals surface area contributed by atoms with Gasteiger partial charge in [0.2, 0.25) is 10.0 Å². The molecule has 174 valence electrons. The summed E-state index contributed by atoms with van der Waals surface area (Å²) in [6.45, 7) is 1.20. The van der Waals surface area contributed by atoms with Gasteiger partial charge in [0.1, 0.15) is 6.61 Å². The van der Waals surface area contributed by atoms with Crippen molar-refractivity contribution in [3.63, 3.8) is 0 Å². The van der Waals surface area contributed by atoms with E-state index in [4.69, 9.17) is 26.2 Å². The lowest BCUT2D eigenvalue weighted by Gasteiger charge is -2.29. The molecule has 0 bridgehead atoms. The molecule has 0 spiro atoms. The molecule has 1 aliphatic heterocycles. The minimum absolute atomic E-state index is 0.0122. The Morgan fingerprint density at radius 2 is 1.79 bits per heavy atom. The molecule has 2 aromatic rings. The third-order valence-electron chi connectivity index (χ3n) is 4.62. The highest BCUT2D eigenvalue weighted by molar-refractivity contribution is 7.89. The van der Waals surface area contributed by atoms with Crippen LogP contribution in [0.4, 0.5) is 4.79 Å². The number of hydrogen-bond donors (Lipinski definition) is 3. The van der Waals surface area contributed by atoms with Crippen molar-refractivity contribution < 1.29 is 32.3 Å². The van der Waals surface area contributed by atoms with E-state index in [0.717, 1.165) is 12.1 Å². The van der Waals surface area contributed by atoms with Crippen LogP contribution in [-0.4, -0.2) is 39.6 Å². The number of nitrogens with one attached hydrogen (secondary N) is 2. The topological polar surface area (TPSA) is 154 Å². The monoisotopic (exact) mass is 493 g/mol. The van der Waals surface area contributed by atoms with Gasteiger partial charge in [0.25, 0.3) is 0 Å². The predicted molar refractivity (Wildman–Crippen MR) is 118 cm³/mol. The van der Waals surface area contributed by atoms with E-state index in [-0.39, 0.29) is 33.4 Å². The lowest BCUT2D eigenvalue weighted by molar-refractivity contribution is -0.139. The molecule has 1 atom stereocenters. The zero-order valence-electron chi connectivity index (χ0n) is 17.3. The first-order chi connectivity index (χ1) is 15.6. The highest BCUT2D eigenvalue weighted by Crippen LogP contribution is 2.28. The van der Waals surface area contributed by atoms with E-state index in [1.807, 2.05) is 0 Å². The van der Waals surface area contributed by atoms with Crippen molar-refractivity contribution in [3.8, 4) is 0 Å². The fourth-order valence-corrected chi connectivity index (χ4v) is 3.86. The maximum atomic E-state index is 12.7. The van der Waals surface area contributed by atoms with Crippen molar-refractivity contribution in [1.82, 2.24) is 10.6 Å². The van der Waals surface area contributed by atoms with Gasteiger partial charge >= 0.3 is 18.0 Å². The third-order valence-corrected chi connectivity index (χ3v) is 5.86. The van der Waals surface area contributed by atoms with Crippen LogP contribution in [0, 0.1) is 0 Å². The summed E-state index contributed by atoms with van der Waals surface area (Å²) >= 11 is 6.01. The number of benzene rings is 2. The summed E-state index contributed by atoms with van der Waals surface area (Å²) in [5, 5.41) is 10.1. The second kappa shape index (κ2) is 10.0. The van der Waals surface area contributed by atoms with Crippen molar-refractivity contribution in [1.29, 1.82) is 0 Å². The number of ether oxygens (including phenoxy) is 2. The third kappa shape index (κ3) is 5.69. The van der Waals surface area contributed by atoms with E-state index in [1.165, 1.54) is 6.07 Å². The number of hydrogen-bond acceptors (Lipinski definition) is 7. The van der Waals surface area contributed by atoms with Gasteiger partial charge in [-0.25, -0.2) is 27.9 Å². The van der Waals surface area contributed by atoms with Crippen LogP contribution in [0.3, 0.4) is 0 Å². The van der Waals surface area contributed by atoms with Gasteiger partial charge in [-0.1, -0.05) is 41.9 Å². The van der Waals surface area contributed by atoms with Crippen molar-refractivity contribution in [2.45, 2.75) is 17.9 Å². The number of rotatable bonds is 7. The summed E-state index contributed by atoms with van der Waals surface area (Å²) in [5.41, 5.74) is 0.433. The molecule has 0 aromatic heterocycles. The molecule has 33 heavy (non-hydrogen) atoms. The Balaban J connectivity index is 1.94. The first-order valence-electron chi connectivity index (χ1n) is 9.64. The van der Waals surface area contributed by atoms with Gasteiger partial charge in [-0.2, -0.15) is 0 Å². The highest BCUT2D eigenvalue weighted by Gasteiger charge is 2.34. The number of primary sulfonamides is 1. The van der Waals surface area contributed by atoms with Crippen LogP contribution in [0.1, 0.15) is 28.9 Å². The Morgan fingerprint density at radius 1 is 1.09 bits per heavy atom. The summed E-state index contributed by atoms with van der Waals surface area (Å²) in [5.74, 6) is -1.69. The molecule has 4 N–H and O–H groups in total. The first kappa shape index (κ1) is 24.2. The number of amides is 2. The van der Waals surface area contributed by atoms with E-state index >= 15 is 0 Å². The number of halogens is 1. The summed E-state index contributed by atoms with van der Waals surface area (Å²) in [7, 11) is -4.08. The molecule has 0 saturated heterocycles. The largest absolute Gasteiger partial charge is 0.463 e. The number of esters is 2.